The van der Waals surface area contributed by atoms with Gasteiger partial charge in [0.1, 0.15) is 5.75 Å². The van der Waals surface area contributed by atoms with E-state index in [2.05, 4.69) is 39.6 Å². The van der Waals surface area contributed by atoms with Gasteiger partial charge in [0.15, 0.2) is 0 Å². The minimum atomic E-state index is 0.541. The fraction of sp³-hybridized carbons (Fsp3) is 0.438. The lowest BCUT2D eigenvalue weighted by Crippen LogP contribution is -1.94. The summed E-state index contributed by atoms with van der Waals surface area (Å²) in [7, 11) is 0. The molecule has 0 fully saturated rings. The highest BCUT2D eigenvalue weighted by Gasteiger charge is 2.03. The average Bonchev–Trinajstić information content (AvgIpc) is 2.97. The standard InChI is InChI=1S/C16H23N5OS/c1-4-22-14-7-5-13(6-8-14)11-17-19-15-18-16(21-20-15)23-10-9-12(2)3/h5-8,11-12H,4,9-10H2,1-3H3,(H2,18,19,20,21)/b17-11-. The number of hydrogen-bond donors (Lipinski definition) is 2. The van der Waals surface area contributed by atoms with Crippen LogP contribution in [0.1, 0.15) is 32.8 Å². The van der Waals surface area contributed by atoms with Crippen LogP contribution in [0.15, 0.2) is 34.5 Å². The van der Waals surface area contributed by atoms with E-state index in [1.165, 1.54) is 0 Å². The van der Waals surface area contributed by atoms with Crippen LogP contribution >= 0.6 is 11.8 Å². The highest BCUT2D eigenvalue weighted by atomic mass is 32.2. The number of hydrogen-bond acceptors (Lipinski definition) is 6. The third kappa shape index (κ3) is 6.32. The quantitative estimate of drug-likeness (QED) is 0.415. The van der Waals surface area contributed by atoms with Crippen LogP contribution in [0, 0.1) is 5.92 Å². The molecule has 2 aromatic rings. The number of hydrazone groups is 1. The van der Waals surface area contributed by atoms with Crippen LogP contribution in [0.5, 0.6) is 5.75 Å². The van der Waals surface area contributed by atoms with Gasteiger partial charge in [0, 0.05) is 5.75 Å². The van der Waals surface area contributed by atoms with Gasteiger partial charge in [0.2, 0.25) is 11.1 Å². The summed E-state index contributed by atoms with van der Waals surface area (Å²) in [6.07, 6.45) is 2.88. The molecule has 1 heterocycles. The molecule has 0 saturated heterocycles. The van der Waals surface area contributed by atoms with E-state index in [1.807, 2.05) is 31.2 Å². The topological polar surface area (TPSA) is 75.2 Å². The predicted octanol–water partition coefficient (Wildman–Crippen LogP) is 3.79. The first-order chi connectivity index (χ1) is 11.2. The van der Waals surface area contributed by atoms with Crippen molar-refractivity contribution in [2.24, 2.45) is 11.0 Å². The lowest BCUT2D eigenvalue weighted by molar-refractivity contribution is 0.340. The van der Waals surface area contributed by atoms with Crippen molar-refractivity contribution < 1.29 is 4.74 Å². The molecule has 0 bridgehead atoms. The van der Waals surface area contributed by atoms with Crippen molar-refractivity contribution in [2.45, 2.75) is 32.3 Å². The summed E-state index contributed by atoms with van der Waals surface area (Å²) in [6.45, 7) is 7.05. The highest BCUT2D eigenvalue weighted by Crippen LogP contribution is 2.17. The molecule has 7 heteroatoms. The number of rotatable bonds is 9. The number of H-pyrrole nitrogens is 1. The monoisotopic (exact) mass is 333 g/mol. The maximum absolute atomic E-state index is 5.40. The van der Waals surface area contributed by atoms with Crippen LogP contribution in [-0.2, 0) is 0 Å². The molecule has 2 N–H and O–H groups in total. The Labute approximate surface area is 141 Å². The summed E-state index contributed by atoms with van der Waals surface area (Å²) in [6, 6.07) is 7.74. The maximum atomic E-state index is 5.40. The molecule has 0 aliphatic carbocycles. The van der Waals surface area contributed by atoms with Gasteiger partial charge < -0.3 is 4.74 Å². The maximum Gasteiger partial charge on any atom is 0.240 e. The zero-order valence-electron chi connectivity index (χ0n) is 13.7. The second-order valence-corrected chi connectivity index (χ2v) is 6.43. The summed E-state index contributed by atoms with van der Waals surface area (Å²) < 4.78 is 5.40. The summed E-state index contributed by atoms with van der Waals surface area (Å²) >= 11 is 1.65. The summed E-state index contributed by atoms with van der Waals surface area (Å²) in [5.74, 6) is 3.11. The normalized spacial score (nSPS) is 11.3. The third-order valence-corrected chi connectivity index (χ3v) is 3.85. The zero-order valence-corrected chi connectivity index (χ0v) is 14.6. The molecular weight excluding hydrogens is 310 g/mol. The van der Waals surface area contributed by atoms with Gasteiger partial charge in [-0.25, -0.2) is 10.5 Å². The molecule has 23 heavy (non-hydrogen) atoms. The Hall–Kier alpha value is -2.02. The zero-order chi connectivity index (χ0) is 16.5. The fourth-order valence-corrected chi connectivity index (χ4v) is 2.77. The fourth-order valence-electron chi connectivity index (χ4n) is 1.73. The minimum absolute atomic E-state index is 0.541. The van der Waals surface area contributed by atoms with Crippen molar-refractivity contribution in [3.63, 3.8) is 0 Å². The second-order valence-electron chi connectivity index (χ2n) is 5.37. The van der Waals surface area contributed by atoms with Gasteiger partial charge in [-0.2, -0.15) is 10.1 Å². The van der Waals surface area contributed by atoms with Gasteiger partial charge in [-0.15, -0.1) is 5.10 Å². The van der Waals surface area contributed by atoms with Crippen molar-refractivity contribution in [3.05, 3.63) is 29.8 Å². The Kier molecular flexibility index (Phi) is 6.93. The van der Waals surface area contributed by atoms with Crippen molar-refractivity contribution in [1.29, 1.82) is 0 Å². The van der Waals surface area contributed by atoms with E-state index in [0.29, 0.717) is 18.5 Å². The molecule has 0 amide bonds. The molecule has 0 spiro atoms. The van der Waals surface area contributed by atoms with Gasteiger partial charge in [-0.05, 0) is 49.1 Å². The Morgan fingerprint density at radius 1 is 1.35 bits per heavy atom. The van der Waals surface area contributed by atoms with Crippen molar-refractivity contribution in [3.8, 4) is 5.75 Å². The van der Waals surface area contributed by atoms with Gasteiger partial charge in [-0.3, -0.25) is 0 Å². The number of ether oxygens (including phenoxy) is 1. The molecule has 0 aliphatic heterocycles. The predicted molar refractivity (Wildman–Crippen MR) is 95.4 cm³/mol. The van der Waals surface area contributed by atoms with Gasteiger partial charge in [-0.1, -0.05) is 25.6 Å². The van der Waals surface area contributed by atoms with E-state index in [1.54, 1.807) is 18.0 Å². The lowest BCUT2D eigenvalue weighted by Gasteiger charge is -2.01. The van der Waals surface area contributed by atoms with E-state index in [0.717, 1.165) is 28.6 Å². The Morgan fingerprint density at radius 3 is 2.83 bits per heavy atom. The summed E-state index contributed by atoms with van der Waals surface area (Å²) in [4.78, 5) is 4.33. The van der Waals surface area contributed by atoms with Crippen molar-refractivity contribution in [2.75, 3.05) is 17.8 Å². The van der Waals surface area contributed by atoms with Crippen molar-refractivity contribution in [1.82, 2.24) is 15.2 Å². The van der Waals surface area contributed by atoms with E-state index in [9.17, 15) is 0 Å². The first-order valence-electron chi connectivity index (χ1n) is 7.74. The number of thioether (sulfide) groups is 1. The highest BCUT2D eigenvalue weighted by molar-refractivity contribution is 7.99. The molecule has 0 aliphatic rings. The molecule has 1 aromatic heterocycles. The number of anilines is 1. The molecule has 124 valence electrons. The summed E-state index contributed by atoms with van der Waals surface area (Å²) in [5, 5.41) is 11.9. The summed E-state index contributed by atoms with van der Waals surface area (Å²) in [5.41, 5.74) is 3.83. The molecule has 1 aromatic carbocycles. The first kappa shape index (κ1) is 17.3. The molecule has 2 rings (SSSR count). The SMILES string of the molecule is CCOc1ccc(/C=N\Nc2nc(SCCC(C)C)n[nH]2)cc1. The van der Waals surface area contributed by atoms with E-state index in [4.69, 9.17) is 4.74 Å². The molecule has 0 unspecified atom stereocenters. The Bertz CT molecular complexity index is 609. The van der Waals surface area contributed by atoms with E-state index >= 15 is 0 Å². The van der Waals surface area contributed by atoms with Crippen LogP contribution < -0.4 is 10.2 Å². The third-order valence-electron chi connectivity index (χ3n) is 2.97. The van der Waals surface area contributed by atoms with Crippen LogP contribution in [0.2, 0.25) is 0 Å². The van der Waals surface area contributed by atoms with E-state index < -0.39 is 0 Å². The van der Waals surface area contributed by atoms with Gasteiger partial charge in [0.25, 0.3) is 0 Å². The van der Waals surface area contributed by atoms with Crippen LogP contribution in [0.25, 0.3) is 0 Å². The molecule has 0 radical (unpaired) electrons. The second kappa shape index (κ2) is 9.19. The molecular formula is C16H23N5OS. The number of aromatic nitrogens is 3. The van der Waals surface area contributed by atoms with E-state index in [-0.39, 0.29) is 0 Å². The molecule has 6 nitrogen and oxygen atoms in total. The Balaban J connectivity index is 1.79. The first-order valence-corrected chi connectivity index (χ1v) is 8.73. The number of nitrogens with zero attached hydrogens (tertiary/aromatic N) is 3. The number of aromatic amines is 1. The molecule has 0 saturated carbocycles. The number of benzene rings is 1. The lowest BCUT2D eigenvalue weighted by atomic mass is 10.2. The van der Waals surface area contributed by atoms with Gasteiger partial charge in [0.05, 0.1) is 12.8 Å². The van der Waals surface area contributed by atoms with Crippen LogP contribution in [0.3, 0.4) is 0 Å². The Morgan fingerprint density at radius 2 is 2.13 bits per heavy atom. The van der Waals surface area contributed by atoms with Gasteiger partial charge >= 0.3 is 0 Å². The smallest absolute Gasteiger partial charge is 0.240 e. The van der Waals surface area contributed by atoms with Crippen molar-refractivity contribution >= 4 is 23.9 Å². The molecule has 0 atom stereocenters. The van der Waals surface area contributed by atoms with Crippen LogP contribution in [-0.4, -0.2) is 33.8 Å². The minimum Gasteiger partial charge on any atom is -0.494 e. The van der Waals surface area contributed by atoms with Crippen LogP contribution in [0.4, 0.5) is 5.95 Å². The largest absolute Gasteiger partial charge is 0.494 e. The number of nitrogens with one attached hydrogen (secondary N) is 2. The average molecular weight is 333 g/mol.